The van der Waals surface area contributed by atoms with Gasteiger partial charge in [0.05, 0.1) is 11.4 Å². The molecule has 0 amide bonds. The number of carbonyl (C=O) groups is 1. The summed E-state index contributed by atoms with van der Waals surface area (Å²) in [5, 5.41) is 12.4. The number of pyridine rings is 2. The topological polar surface area (TPSA) is 75.1 Å². The zero-order valence-electron chi connectivity index (χ0n) is 11.6. The Kier molecular flexibility index (Phi) is 4.30. The summed E-state index contributed by atoms with van der Waals surface area (Å²) in [6, 6.07) is 5.65. The van der Waals surface area contributed by atoms with Crippen molar-refractivity contribution in [1.29, 1.82) is 0 Å². The van der Waals surface area contributed by atoms with Crippen molar-refractivity contribution in [3.05, 3.63) is 53.1 Å². The summed E-state index contributed by atoms with van der Waals surface area (Å²) in [5.74, 6) is -0.959. The SMILES string of the molecule is Cc1cc(NCCc2cccnc2)c(C(=O)O)c(C)n1. The summed E-state index contributed by atoms with van der Waals surface area (Å²) in [7, 11) is 0. The van der Waals surface area contributed by atoms with Crippen molar-refractivity contribution in [2.75, 3.05) is 11.9 Å². The smallest absolute Gasteiger partial charge is 0.339 e. The van der Waals surface area contributed by atoms with Gasteiger partial charge in [0.2, 0.25) is 0 Å². The van der Waals surface area contributed by atoms with Crippen LogP contribution in [0.4, 0.5) is 5.69 Å². The molecule has 0 spiro atoms. The van der Waals surface area contributed by atoms with Crippen LogP contribution in [-0.2, 0) is 6.42 Å². The fraction of sp³-hybridized carbons (Fsp3) is 0.267. The van der Waals surface area contributed by atoms with Gasteiger partial charge >= 0.3 is 5.97 Å². The summed E-state index contributed by atoms with van der Waals surface area (Å²) >= 11 is 0. The molecule has 5 nitrogen and oxygen atoms in total. The van der Waals surface area contributed by atoms with Crippen molar-refractivity contribution in [2.24, 2.45) is 0 Å². The standard InChI is InChI=1S/C15H17N3O2/c1-10-8-13(14(15(19)20)11(2)18-10)17-7-5-12-4-3-6-16-9-12/h3-4,6,8-9H,5,7H2,1-2H3,(H,17,18)(H,19,20). The van der Waals surface area contributed by atoms with Crippen LogP contribution in [0.25, 0.3) is 0 Å². The van der Waals surface area contributed by atoms with Gasteiger partial charge in [-0.1, -0.05) is 6.07 Å². The normalized spacial score (nSPS) is 10.3. The monoisotopic (exact) mass is 271 g/mol. The lowest BCUT2D eigenvalue weighted by molar-refractivity contribution is 0.0696. The number of aromatic nitrogens is 2. The van der Waals surface area contributed by atoms with E-state index in [9.17, 15) is 9.90 Å². The van der Waals surface area contributed by atoms with E-state index in [0.717, 1.165) is 17.7 Å². The molecule has 2 rings (SSSR count). The highest BCUT2D eigenvalue weighted by atomic mass is 16.4. The Morgan fingerprint density at radius 3 is 2.85 bits per heavy atom. The van der Waals surface area contributed by atoms with Crippen molar-refractivity contribution >= 4 is 11.7 Å². The molecule has 104 valence electrons. The molecule has 0 saturated carbocycles. The average Bonchev–Trinajstić information content (AvgIpc) is 2.38. The predicted octanol–water partition coefficient (Wildman–Crippen LogP) is 2.45. The van der Waals surface area contributed by atoms with Gasteiger partial charge in [0.25, 0.3) is 0 Å². The molecule has 5 heteroatoms. The van der Waals surface area contributed by atoms with Gasteiger partial charge < -0.3 is 10.4 Å². The number of nitrogens with one attached hydrogen (secondary N) is 1. The lowest BCUT2D eigenvalue weighted by atomic mass is 10.1. The Balaban J connectivity index is 2.11. The lowest BCUT2D eigenvalue weighted by Gasteiger charge is -2.12. The second kappa shape index (κ2) is 6.14. The van der Waals surface area contributed by atoms with Crippen molar-refractivity contribution < 1.29 is 9.90 Å². The van der Waals surface area contributed by atoms with Crippen LogP contribution >= 0.6 is 0 Å². The molecule has 0 aliphatic rings. The van der Waals surface area contributed by atoms with Crippen LogP contribution in [-0.4, -0.2) is 27.6 Å². The molecular formula is C15H17N3O2. The number of carboxylic acids is 1. The molecule has 0 aromatic carbocycles. The number of carboxylic acid groups (broad SMARTS) is 1. The third kappa shape index (κ3) is 3.32. The summed E-state index contributed by atoms with van der Waals surface area (Å²) in [6.45, 7) is 4.21. The van der Waals surface area contributed by atoms with E-state index in [1.54, 1.807) is 19.2 Å². The molecule has 0 fully saturated rings. The average molecular weight is 271 g/mol. The maximum atomic E-state index is 11.3. The van der Waals surface area contributed by atoms with E-state index in [4.69, 9.17) is 0 Å². The number of aromatic carboxylic acids is 1. The van der Waals surface area contributed by atoms with Gasteiger partial charge in [-0.3, -0.25) is 9.97 Å². The Morgan fingerprint density at radius 1 is 1.40 bits per heavy atom. The Bertz CT molecular complexity index is 612. The second-order valence-electron chi connectivity index (χ2n) is 4.61. The molecule has 2 aromatic heterocycles. The summed E-state index contributed by atoms with van der Waals surface area (Å²) in [4.78, 5) is 19.5. The number of nitrogens with zero attached hydrogens (tertiary/aromatic N) is 2. The van der Waals surface area contributed by atoms with Crippen LogP contribution in [0.2, 0.25) is 0 Å². The Morgan fingerprint density at radius 2 is 2.20 bits per heavy atom. The van der Waals surface area contributed by atoms with Crippen LogP contribution in [0.15, 0.2) is 30.6 Å². The minimum atomic E-state index is -0.959. The van der Waals surface area contributed by atoms with E-state index >= 15 is 0 Å². The molecule has 20 heavy (non-hydrogen) atoms. The highest BCUT2D eigenvalue weighted by Crippen LogP contribution is 2.19. The van der Waals surface area contributed by atoms with E-state index in [1.165, 1.54) is 0 Å². The molecule has 2 aromatic rings. The highest BCUT2D eigenvalue weighted by molar-refractivity contribution is 5.95. The van der Waals surface area contributed by atoms with Crippen molar-refractivity contribution in [3.63, 3.8) is 0 Å². The third-order valence-electron chi connectivity index (χ3n) is 2.99. The highest BCUT2D eigenvalue weighted by Gasteiger charge is 2.14. The maximum Gasteiger partial charge on any atom is 0.339 e. The molecule has 0 saturated heterocycles. The molecular weight excluding hydrogens is 254 g/mol. The molecule has 0 atom stereocenters. The number of hydrogen-bond donors (Lipinski definition) is 2. The van der Waals surface area contributed by atoms with E-state index < -0.39 is 5.97 Å². The second-order valence-corrected chi connectivity index (χ2v) is 4.61. The predicted molar refractivity (Wildman–Crippen MR) is 77.1 cm³/mol. The van der Waals surface area contributed by atoms with Gasteiger partial charge in [0, 0.05) is 24.6 Å². The fourth-order valence-electron chi connectivity index (χ4n) is 2.13. The Hall–Kier alpha value is -2.43. The van der Waals surface area contributed by atoms with Gasteiger partial charge in [0.1, 0.15) is 5.56 Å². The fourth-order valence-corrected chi connectivity index (χ4v) is 2.13. The zero-order valence-corrected chi connectivity index (χ0v) is 11.6. The third-order valence-corrected chi connectivity index (χ3v) is 2.99. The first-order valence-corrected chi connectivity index (χ1v) is 6.42. The summed E-state index contributed by atoms with van der Waals surface area (Å²) in [5.41, 5.74) is 3.30. The molecule has 0 radical (unpaired) electrons. The van der Waals surface area contributed by atoms with Crippen LogP contribution in [0.1, 0.15) is 27.3 Å². The van der Waals surface area contributed by atoms with Gasteiger partial charge in [0.15, 0.2) is 0 Å². The first-order valence-electron chi connectivity index (χ1n) is 6.42. The number of hydrogen-bond acceptors (Lipinski definition) is 4. The van der Waals surface area contributed by atoms with Crippen LogP contribution in [0, 0.1) is 13.8 Å². The largest absolute Gasteiger partial charge is 0.478 e. The van der Waals surface area contributed by atoms with Crippen LogP contribution in [0.5, 0.6) is 0 Å². The molecule has 0 aliphatic carbocycles. The van der Waals surface area contributed by atoms with E-state index in [-0.39, 0.29) is 5.56 Å². The van der Waals surface area contributed by atoms with Gasteiger partial charge in [-0.25, -0.2) is 4.79 Å². The minimum Gasteiger partial charge on any atom is -0.478 e. The number of aryl methyl sites for hydroxylation is 2. The van der Waals surface area contributed by atoms with E-state index in [2.05, 4.69) is 15.3 Å². The lowest BCUT2D eigenvalue weighted by Crippen LogP contribution is -2.12. The van der Waals surface area contributed by atoms with Gasteiger partial charge in [-0.15, -0.1) is 0 Å². The summed E-state index contributed by atoms with van der Waals surface area (Å²) < 4.78 is 0. The van der Waals surface area contributed by atoms with Gasteiger partial charge in [-0.05, 0) is 38.0 Å². The zero-order chi connectivity index (χ0) is 14.5. The Labute approximate surface area is 117 Å². The summed E-state index contributed by atoms with van der Waals surface area (Å²) in [6.07, 6.45) is 4.32. The van der Waals surface area contributed by atoms with Crippen molar-refractivity contribution in [1.82, 2.24) is 9.97 Å². The van der Waals surface area contributed by atoms with Crippen LogP contribution in [0.3, 0.4) is 0 Å². The minimum absolute atomic E-state index is 0.238. The maximum absolute atomic E-state index is 11.3. The van der Waals surface area contributed by atoms with E-state index in [1.807, 2.05) is 25.3 Å². The van der Waals surface area contributed by atoms with Crippen molar-refractivity contribution in [2.45, 2.75) is 20.3 Å². The van der Waals surface area contributed by atoms with Crippen LogP contribution < -0.4 is 5.32 Å². The quantitative estimate of drug-likeness (QED) is 0.873. The molecule has 0 bridgehead atoms. The number of rotatable bonds is 5. The molecule has 0 unspecified atom stereocenters. The van der Waals surface area contributed by atoms with E-state index in [0.29, 0.717) is 17.9 Å². The van der Waals surface area contributed by atoms with Crippen molar-refractivity contribution in [3.8, 4) is 0 Å². The molecule has 0 aliphatic heterocycles. The van der Waals surface area contributed by atoms with Gasteiger partial charge in [-0.2, -0.15) is 0 Å². The molecule has 2 heterocycles. The molecule has 2 N–H and O–H groups in total. The first kappa shape index (κ1) is 14.0. The number of anilines is 1. The first-order chi connectivity index (χ1) is 9.58.